The average Bonchev–Trinajstić information content (AvgIpc) is 3.31. The number of amides is 2. The molecule has 0 fully saturated rings. The zero-order valence-electron chi connectivity index (χ0n) is 19.6. The van der Waals surface area contributed by atoms with Gasteiger partial charge in [0.2, 0.25) is 0 Å². The Balaban J connectivity index is 1.66. The van der Waals surface area contributed by atoms with Gasteiger partial charge in [0, 0.05) is 16.1 Å². The molecule has 1 unspecified atom stereocenters. The van der Waals surface area contributed by atoms with E-state index in [9.17, 15) is 14.4 Å². The SMILES string of the molecule is CCOC(=O)c1ccccc1-c1ccc(/C=N\NC(=O)C(NC(=O)c2ccc(Cl)cc2)C(C)C)o1. The fraction of sp³-hybridized carbons (Fsp3) is 0.231. The van der Waals surface area contributed by atoms with E-state index in [1.54, 1.807) is 67.6 Å². The Morgan fingerprint density at radius 3 is 2.46 bits per heavy atom. The molecule has 9 heteroatoms. The van der Waals surface area contributed by atoms with Crippen LogP contribution in [0.25, 0.3) is 11.3 Å². The lowest BCUT2D eigenvalue weighted by atomic mass is 10.0. The van der Waals surface area contributed by atoms with E-state index < -0.39 is 23.8 Å². The van der Waals surface area contributed by atoms with Gasteiger partial charge in [0.1, 0.15) is 17.6 Å². The smallest absolute Gasteiger partial charge is 0.338 e. The standard InChI is InChI=1S/C26H26ClN3O5/c1-4-34-26(33)21-8-6-5-7-20(21)22-14-13-19(35-22)15-28-30-25(32)23(16(2)3)29-24(31)17-9-11-18(27)12-10-17/h5-16,23H,4H2,1-3H3,(H,29,31)(H,30,32)/b28-15-. The topological polar surface area (TPSA) is 110 Å². The van der Waals surface area contributed by atoms with Crippen LogP contribution in [0.2, 0.25) is 5.02 Å². The first-order valence-electron chi connectivity index (χ1n) is 11.1. The minimum atomic E-state index is -0.807. The van der Waals surface area contributed by atoms with Crippen molar-refractivity contribution in [2.45, 2.75) is 26.8 Å². The van der Waals surface area contributed by atoms with Gasteiger partial charge in [-0.1, -0.05) is 43.6 Å². The molecule has 0 spiro atoms. The zero-order valence-corrected chi connectivity index (χ0v) is 20.3. The highest BCUT2D eigenvalue weighted by molar-refractivity contribution is 6.30. The third-order valence-corrected chi connectivity index (χ3v) is 5.28. The molecule has 2 amide bonds. The Hall–Kier alpha value is -3.91. The van der Waals surface area contributed by atoms with Gasteiger partial charge in [0.25, 0.3) is 11.8 Å². The van der Waals surface area contributed by atoms with Crippen molar-refractivity contribution in [1.82, 2.24) is 10.7 Å². The van der Waals surface area contributed by atoms with Crippen LogP contribution < -0.4 is 10.7 Å². The molecule has 2 aromatic carbocycles. The molecule has 0 aliphatic carbocycles. The number of carbonyl (C=O) groups excluding carboxylic acids is 3. The summed E-state index contributed by atoms with van der Waals surface area (Å²) in [6, 6.07) is 15.9. The Morgan fingerprint density at radius 2 is 1.77 bits per heavy atom. The van der Waals surface area contributed by atoms with Crippen LogP contribution in [0.3, 0.4) is 0 Å². The Bertz CT molecular complexity index is 1220. The molecule has 35 heavy (non-hydrogen) atoms. The molecule has 8 nitrogen and oxygen atoms in total. The van der Waals surface area contributed by atoms with Crippen molar-refractivity contribution >= 4 is 35.6 Å². The van der Waals surface area contributed by atoms with Gasteiger partial charge in [-0.15, -0.1) is 0 Å². The van der Waals surface area contributed by atoms with Crippen LogP contribution in [0.4, 0.5) is 0 Å². The van der Waals surface area contributed by atoms with Crippen molar-refractivity contribution in [2.24, 2.45) is 11.0 Å². The van der Waals surface area contributed by atoms with Crippen molar-refractivity contribution < 1.29 is 23.5 Å². The molecule has 0 bridgehead atoms. The summed E-state index contributed by atoms with van der Waals surface area (Å²) in [4.78, 5) is 37.4. The van der Waals surface area contributed by atoms with E-state index in [0.717, 1.165) is 0 Å². The number of halogens is 1. The second-order valence-corrected chi connectivity index (χ2v) is 8.34. The first-order valence-corrected chi connectivity index (χ1v) is 11.4. The number of hydrogen-bond acceptors (Lipinski definition) is 6. The summed E-state index contributed by atoms with van der Waals surface area (Å²) in [6.07, 6.45) is 1.34. The van der Waals surface area contributed by atoms with E-state index >= 15 is 0 Å². The first kappa shape index (κ1) is 25.7. The number of furan rings is 1. The second-order valence-electron chi connectivity index (χ2n) is 7.90. The number of ether oxygens (including phenoxy) is 1. The number of rotatable bonds is 9. The van der Waals surface area contributed by atoms with Gasteiger partial charge >= 0.3 is 5.97 Å². The zero-order chi connectivity index (χ0) is 25.4. The minimum Gasteiger partial charge on any atom is -0.462 e. The van der Waals surface area contributed by atoms with E-state index in [1.807, 2.05) is 13.8 Å². The summed E-state index contributed by atoms with van der Waals surface area (Å²) >= 11 is 5.86. The van der Waals surface area contributed by atoms with Crippen LogP contribution in [0.15, 0.2) is 70.2 Å². The summed E-state index contributed by atoms with van der Waals surface area (Å²) < 4.78 is 10.9. The highest BCUT2D eigenvalue weighted by Gasteiger charge is 2.24. The lowest BCUT2D eigenvalue weighted by Crippen LogP contribution is -2.48. The summed E-state index contributed by atoms with van der Waals surface area (Å²) in [7, 11) is 0. The summed E-state index contributed by atoms with van der Waals surface area (Å²) in [5.74, 6) is -0.672. The highest BCUT2D eigenvalue weighted by Crippen LogP contribution is 2.26. The fourth-order valence-electron chi connectivity index (χ4n) is 3.24. The van der Waals surface area contributed by atoms with Crippen LogP contribution in [-0.4, -0.2) is 36.6 Å². The number of nitrogens with zero attached hydrogens (tertiary/aromatic N) is 1. The lowest BCUT2D eigenvalue weighted by molar-refractivity contribution is -0.123. The number of esters is 1. The van der Waals surface area contributed by atoms with E-state index in [-0.39, 0.29) is 12.5 Å². The number of nitrogens with one attached hydrogen (secondary N) is 2. The van der Waals surface area contributed by atoms with Crippen molar-refractivity contribution in [2.75, 3.05) is 6.61 Å². The van der Waals surface area contributed by atoms with Crippen LogP contribution in [0.1, 0.15) is 47.2 Å². The maximum atomic E-state index is 12.7. The number of benzene rings is 2. The number of hydrogen-bond donors (Lipinski definition) is 2. The van der Waals surface area contributed by atoms with E-state index in [2.05, 4.69) is 15.8 Å². The molecule has 1 aromatic heterocycles. The van der Waals surface area contributed by atoms with Crippen molar-refractivity contribution in [3.63, 3.8) is 0 Å². The quantitative estimate of drug-likeness (QED) is 0.254. The molecule has 1 heterocycles. The number of carbonyl (C=O) groups is 3. The summed E-state index contributed by atoms with van der Waals surface area (Å²) in [5, 5.41) is 7.18. The Morgan fingerprint density at radius 1 is 1.06 bits per heavy atom. The molecule has 3 aromatic rings. The molecule has 0 aliphatic rings. The van der Waals surface area contributed by atoms with E-state index in [4.69, 9.17) is 20.8 Å². The second kappa shape index (κ2) is 12.0. The molecule has 182 valence electrons. The predicted molar refractivity (Wildman–Crippen MR) is 133 cm³/mol. The van der Waals surface area contributed by atoms with E-state index in [1.165, 1.54) is 6.21 Å². The highest BCUT2D eigenvalue weighted by atomic mass is 35.5. The van der Waals surface area contributed by atoms with Crippen molar-refractivity contribution in [3.05, 3.63) is 82.6 Å². The molecule has 0 radical (unpaired) electrons. The van der Waals surface area contributed by atoms with Crippen molar-refractivity contribution in [1.29, 1.82) is 0 Å². The maximum Gasteiger partial charge on any atom is 0.338 e. The van der Waals surface area contributed by atoms with Crippen LogP contribution in [0, 0.1) is 5.92 Å². The third kappa shape index (κ3) is 6.80. The first-order chi connectivity index (χ1) is 16.8. The Labute approximate surface area is 208 Å². The van der Waals surface area contributed by atoms with Gasteiger partial charge in [-0.3, -0.25) is 9.59 Å². The average molecular weight is 496 g/mol. The maximum absolute atomic E-state index is 12.7. The summed E-state index contributed by atoms with van der Waals surface area (Å²) in [6.45, 7) is 5.63. The van der Waals surface area contributed by atoms with Gasteiger partial charge in [-0.2, -0.15) is 5.10 Å². The molecular weight excluding hydrogens is 470 g/mol. The largest absolute Gasteiger partial charge is 0.462 e. The molecule has 1 atom stereocenters. The fourth-order valence-corrected chi connectivity index (χ4v) is 3.37. The van der Waals surface area contributed by atoms with Crippen LogP contribution in [0.5, 0.6) is 0 Å². The molecule has 0 aliphatic heterocycles. The molecule has 0 saturated carbocycles. The van der Waals surface area contributed by atoms with Gasteiger partial charge < -0.3 is 14.5 Å². The van der Waals surface area contributed by atoms with Crippen LogP contribution >= 0.6 is 11.6 Å². The van der Waals surface area contributed by atoms with E-state index in [0.29, 0.717) is 33.2 Å². The predicted octanol–water partition coefficient (Wildman–Crippen LogP) is 4.68. The van der Waals surface area contributed by atoms with Crippen LogP contribution in [-0.2, 0) is 9.53 Å². The van der Waals surface area contributed by atoms with Gasteiger partial charge in [-0.05, 0) is 55.3 Å². The molecule has 3 rings (SSSR count). The molecule has 0 saturated heterocycles. The van der Waals surface area contributed by atoms with Gasteiger partial charge in [0.05, 0.1) is 18.4 Å². The Kier molecular flexibility index (Phi) is 8.80. The lowest BCUT2D eigenvalue weighted by Gasteiger charge is -2.20. The monoisotopic (exact) mass is 495 g/mol. The summed E-state index contributed by atoms with van der Waals surface area (Å²) in [5.41, 5.74) is 3.79. The third-order valence-electron chi connectivity index (χ3n) is 5.02. The van der Waals surface area contributed by atoms with Crippen molar-refractivity contribution in [3.8, 4) is 11.3 Å². The number of hydrazone groups is 1. The van der Waals surface area contributed by atoms with Gasteiger partial charge in [0.15, 0.2) is 0 Å². The van der Waals surface area contributed by atoms with Gasteiger partial charge in [-0.25, -0.2) is 10.2 Å². The molecular formula is C26H26ClN3O5. The normalized spacial score (nSPS) is 11.9. The minimum absolute atomic E-state index is 0.184. The molecule has 2 N–H and O–H groups in total.